The van der Waals surface area contributed by atoms with Crippen molar-refractivity contribution >= 4 is 33.2 Å². The number of hydrogen-bond acceptors (Lipinski definition) is 4. The molecule has 26 heavy (non-hydrogen) atoms. The fourth-order valence-electron chi connectivity index (χ4n) is 2.11. The maximum absolute atomic E-state index is 14.2. The van der Waals surface area contributed by atoms with Crippen LogP contribution in [0.3, 0.4) is 0 Å². The number of rotatable bonds is 8. The minimum atomic E-state index is -3.85. The standard InChI is InChI=1S/C17H18ClFN2O4S/c1-25-10-4-9-20-26(23,24)12-7-8-16(15(19)11-12)21-17(22)13-5-2-3-6-14(13)18/h2-3,5-8,11,20H,4,9-10H2,1H3,(H,21,22). The number of nitrogens with one attached hydrogen (secondary N) is 2. The van der Waals surface area contributed by atoms with Crippen LogP contribution in [0.4, 0.5) is 10.1 Å². The molecule has 2 aromatic rings. The molecule has 0 radical (unpaired) electrons. The number of amides is 1. The van der Waals surface area contributed by atoms with Gasteiger partial charge in [0.15, 0.2) is 0 Å². The molecule has 0 bridgehead atoms. The monoisotopic (exact) mass is 400 g/mol. The number of anilines is 1. The molecule has 2 aromatic carbocycles. The number of carbonyl (C=O) groups excluding carboxylic acids is 1. The van der Waals surface area contributed by atoms with Crippen LogP contribution in [0.25, 0.3) is 0 Å². The second-order valence-corrected chi connectivity index (χ2v) is 7.49. The van der Waals surface area contributed by atoms with Gasteiger partial charge in [-0.3, -0.25) is 4.79 Å². The summed E-state index contributed by atoms with van der Waals surface area (Å²) in [4.78, 5) is 11.9. The summed E-state index contributed by atoms with van der Waals surface area (Å²) in [6, 6.07) is 9.58. The van der Waals surface area contributed by atoms with Crippen molar-refractivity contribution in [2.45, 2.75) is 11.3 Å². The molecule has 0 spiro atoms. The predicted molar refractivity (Wildman–Crippen MR) is 97.5 cm³/mol. The molecule has 2 N–H and O–H groups in total. The summed E-state index contributed by atoms with van der Waals surface area (Å²) in [6.07, 6.45) is 0.490. The Hall–Kier alpha value is -2.00. The van der Waals surface area contributed by atoms with Gasteiger partial charge in [0.1, 0.15) is 5.82 Å². The molecule has 0 aliphatic rings. The van der Waals surface area contributed by atoms with E-state index in [1.165, 1.54) is 31.4 Å². The van der Waals surface area contributed by atoms with Gasteiger partial charge in [0.25, 0.3) is 5.91 Å². The Kier molecular flexibility index (Phi) is 7.10. The Morgan fingerprint density at radius 1 is 1.23 bits per heavy atom. The number of benzene rings is 2. The lowest BCUT2D eigenvalue weighted by Crippen LogP contribution is -2.25. The highest BCUT2D eigenvalue weighted by Gasteiger charge is 2.17. The molecule has 0 aromatic heterocycles. The smallest absolute Gasteiger partial charge is 0.257 e. The third kappa shape index (κ3) is 5.25. The third-order valence-corrected chi connectivity index (χ3v) is 5.22. The van der Waals surface area contributed by atoms with Crippen molar-refractivity contribution in [3.05, 3.63) is 58.9 Å². The van der Waals surface area contributed by atoms with E-state index in [1.54, 1.807) is 12.1 Å². The Labute approximate surface area is 156 Å². The van der Waals surface area contributed by atoms with Crippen molar-refractivity contribution in [1.29, 1.82) is 0 Å². The van der Waals surface area contributed by atoms with E-state index < -0.39 is 21.7 Å². The van der Waals surface area contributed by atoms with E-state index in [0.29, 0.717) is 13.0 Å². The Bertz CT molecular complexity index is 890. The zero-order valence-electron chi connectivity index (χ0n) is 14.0. The number of halogens is 2. The summed E-state index contributed by atoms with van der Waals surface area (Å²) < 4.78 is 45.7. The lowest BCUT2D eigenvalue weighted by atomic mass is 10.2. The lowest BCUT2D eigenvalue weighted by Gasteiger charge is -2.10. The van der Waals surface area contributed by atoms with Crippen LogP contribution in [0.2, 0.25) is 5.02 Å². The first-order valence-corrected chi connectivity index (χ1v) is 9.55. The van der Waals surface area contributed by atoms with Crippen LogP contribution < -0.4 is 10.0 Å². The van der Waals surface area contributed by atoms with Crippen molar-refractivity contribution in [2.75, 3.05) is 25.6 Å². The number of methoxy groups -OCH3 is 1. The van der Waals surface area contributed by atoms with Gasteiger partial charge in [0.05, 0.1) is 21.2 Å². The second-order valence-electron chi connectivity index (χ2n) is 5.32. The van der Waals surface area contributed by atoms with E-state index in [0.717, 1.165) is 6.07 Å². The first kappa shape index (κ1) is 20.3. The zero-order valence-corrected chi connectivity index (χ0v) is 15.5. The normalized spacial score (nSPS) is 11.3. The molecule has 6 nitrogen and oxygen atoms in total. The quantitative estimate of drug-likeness (QED) is 0.667. The highest BCUT2D eigenvalue weighted by molar-refractivity contribution is 7.89. The van der Waals surface area contributed by atoms with Gasteiger partial charge in [-0.2, -0.15) is 0 Å². The summed E-state index contributed by atoms with van der Waals surface area (Å²) >= 11 is 5.93. The molecule has 0 atom stereocenters. The van der Waals surface area contributed by atoms with Gasteiger partial charge in [-0.15, -0.1) is 0 Å². The van der Waals surface area contributed by atoms with Gasteiger partial charge in [-0.25, -0.2) is 17.5 Å². The first-order valence-electron chi connectivity index (χ1n) is 7.69. The average molecular weight is 401 g/mol. The van der Waals surface area contributed by atoms with Crippen LogP contribution >= 0.6 is 11.6 Å². The Morgan fingerprint density at radius 3 is 2.62 bits per heavy atom. The molecule has 0 heterocycles. The van der Waals surface area contributed by atoms with Crippen LogP contribution in [0, 0.1) is 5.82 Å². The number of hydrogen-bond donors (Lipinski definition) is 2. The van der Waals surface area contributed by atoms with Crippen molar-refractivity contribution in [3.63, 3.8) is 0 Å². The van der Waals surface area contributed by atoms with Crippen molar-refractivity contribution < 1.29 is 22.3 Å². The van der Waals surface area contributed by atoms with Crippen molar-refractivity contribution in [2.24, 2.45) is 0 Å². The summed E-state index contributed by atoms with van der Waals surface area (Å²) in [5.74, 6) is -1.46. The molecule has 140 valence electrons. The van der Waals surface area contributed by atoms with Gasteiger partial charge < -0.3 is 10.1 Å². The highest BCUT2D eigenvalue weighted by Crippen LogP contribution is 2.21. The fraction of sp³-hybridized carbons (Fsp3) is 0.235. The summed E-state index contributed by atoms with van der Waals surface area (Å²) in [5, 5.41) is 2.60. The molecule has 1 amide bonds. The molecule has 2 rings (SSSR count). The second kappa shape index (κ2) is 9.09. The van der Waals surface area contributed by atoms with Crippen LogP contribution in [-0.2, 0) is 14.8 Å². The zero-order chi connectivity index (χ0) is 19.2. The number of carbonyl (C=O) groups is 1. The molecular formula is C17H18ClFN2O4S. The molecule has 0 unspecified atom stereocenters. The Balaban J connectivity index is 2.12. The molecule has 0 aliphatic carbocycles. The molecular weight excluding hydrogens is 383 g/mol. The minimum absolute atomic E-state index is 0.145. The van der Waals surface area contributed by atoms with Gasteiger partial charge in [0, 0.05) is 20.3 Å². The predicted octanol–water partition coefficient (Wildman–Crippen LogP) is 3.05. The van der Waals surface area contributed by atoms with E-state index in [4.69, 9.17) is 16.3 Å². The first-order chi connectivity index (χ1) is 12.3. The largest absolute Gasteiger partial charge is 0.385 e. The third-order valence-electron chi connectivity index (χ3n) is 3.43. The van der Waals surface area contributed by atoms with E-state index in [-0.39, 0.29) is 27.7 Å². The molecule has 0 saturated carbocycles. The van der Waals surface area contributed by atoms with Crippen LogP contribution in [0.5, 0.6) is 0 Å². The minimum Gasteiger partial charge on any atom is -0.385 e. The van der Waals surface area contributed by atoms with Gasteiger partial charge in [-0.05, 0) is 36.8 Å². The van der Waals surface area contributed by atoms with Crippen LogP contribution in [-0.4, -0.2) is 34.6 Å². The summed E-state index contributed by atoms with van der Waals surface area (Å²) in [6.45, 7) is 0.576. The van der Waals surface area contributed by atoms with Crippen LogP contribution in [0.15, 0.2) is 47.4 Å². The molecule has 0 fully saturated rings. The van der Waals surface area contributed by atoms with Gasteiger partial charge in [0.2, 0.25) is 10.0 Å². The van der Waals surface area contributed by atoms with Crippen molar-refractivity contribution in [3.8, 4) is 0 Å². The molecule has 0 aliphatic heterocycles. The Morgan fingerprint density at radius 2 is 1.96 bits per heavy atom. The van der Waals surface area contributed by atoms with E-state index >= 15 is 0 Å². The fourth-order valence-corrected chi connectivity index (χ4v) is 3.41. The highest BCUT2D eigenvalue weighted by atomic mass is 35.5. The number of sulfonamides is 1. The van der Waals surface area contributed by atoms with Crippen LogP contribution in [0.1, 0.15) is 16.8 Å². The summed E-state index contributed by atoms with van der Waals surface area (Å²) in [7, 11) is -2.33. The van der Waals surface area contributed by atoms with E-state index in [1.807, 2.05) is 0 Å². The lowest BCUT2D eigenvalue weighted by molar-refractivity contribution is 0.102. The maximum Gasteiger partial charge on any atom is 0.257 e. The van der Waals surface area contributed by atoms with E-state index in [9.17, 15) is 17.6 Å². The van der Waals surface area contributed by atoms with Crippen molar-refractivity contribution in [1.82, 2.24) is 4.72 Å². The van der Waals surface area contributed by atoms with Gasteiger partial charge in [-0.1, -0.05) is 23.7 Å². The summed E-state index contributed by atoms with van der Waals surface area (Å²) in [5.41, 5.74) is 0.0401. The molecule has 9 heteroatoms. The molecule has 0 saturated heterocycles. The number of ether oxygens (including phenoxy) is 1. The topological polar surface area (TPSA) is 84.5 Å². The van der Waals surface area contributed by atoms with E-state index in [2.05, 4.69) is 10.0 Å². The maximum atomic E-state index is 14.2. The SMILES string of the molecule is COCCCNS(=O)(=O)c1ccc(NC(=O)c2ccccc2Cl)c(F)c1. The van der Waals surface area contributed by atoms with Gasteiger partial charge >= 0.3 is 0 Å². The average Bonchev–Trinajstić information content (AvgIpc) is 2.60.